The summed E-state index contributed by atoms with van der Waals surface area (Å²) in [7, 11) is 0. The highest BCUT2D eigenvalue weighted by Gasteiger charge is 2.31. The molecule has 524 valence electrons. The van der Waals surface area contributed by atoms with Crippen LogP contribution in [0.3, 0.4) is 0 Å². The molecule has 5 atom stereocenters. The molecule has 0 bridgehead atoms. The molecule has 0 spiro atoms. The highest BCUT2D eigenvalue weighted by Crippen LogP contribution is 2.45. The first-order valence-corrected chi connectivity index (χ1v) is 40.3. The fourth-order valence-corrected chi connectivity index (χ4v) is 18.3. The van der Waals surface area contributed by atoms with E-state index in [2.05, 4.69) is 310 Å². The third kappa shape index (κ3) is 18.0. The summed E-state index contributed by atoms with van der Waals surface area (Å²) in [6, 6.07) is 59.4. The molecule has 0 aromatic heterocycles. The second-order valence-corrected chi connectivity index (χ2v) is 31.6. The van der Waals surface area contributed by atoms with Crippen molar-refractivity contribution in [3.8, 4) is 0 Å². The van der Waals surface area contributed by atoms with Gasteiger partial charge < -0.3 is 0 Å². The molecule has 0 N–H and O–H groups in total. The molecule has 1 saturated carbocycles. The number of aryl methyl sites for hydroxylation is 2. The van der Waals surface area contributed by atoms with E-state index >= 15 is 0 Å². The third-order valence-corrected chi connectivity index (χ3v) is 24.3. The normalized spacial score (nSPS) is 22.6. The van der Waals surface area contributed by atoms with Crippen LogP contribution in [0.25, 0.3) is 0 Å². The maximum Gasteiger partial charge on any atom is 0.0281 e. The molecule has 1 fully saturated rings. The van der Waals surface area contributed by atoms with Gasteiger partial charge in [0, 0.05) is 17.8 Å². The number of unbranched alkanes of at least 4 members (excludes halogenated alkanes) is 2. The lowest BCUT2D eigenvalue weighted by atomic mass is 9.77. The third-order valence-electron chi connectivity index (χ3n) is 24.3. The summed E-state index contributed by atoms with van der Waals surface area (Å²) < 4.78 is 0. The highest BCUT2D eigenvalue weighted by atomic mass is 14.3. The Morgan fingerprint density at radius 1 is 0.327 bits per heavy atom. The smallest absolute Gasteiger partial charge is 0.0281 e. The van der Waals surface area contributed by atoms with Gasteiger partial charge in [-0.1, -0.05) is 323 Å². The molecule has 17 rings (SSSR count). The minimum atomic E-state index is 0.424. The fraction of sp³-hybridized carbons (Fsp3) is 0.308. The summed E-state index contributed by atoms with van der Waals surface area (Å²) in [6.45, 7) is 2.36. The van der Waals surface area contributed by atoms with Crippen LogP contribution in [0.1, 0.15) is 165 Å². The van der Waals surface area contributed by atoms with E-state index in [0.29, 0.717) is 23.7 Å². The van der Waals surface area contributed by atoms with Crippen LogP contribution in [0.5, 0.6) is 0 Å². The Kier molecular flexibility index (Phi) is 23.6. The second-order valence-electron chi connectivity index (χ2n) is 31.6. The van der Waals surface area contributed by atoms with Crippen molar-refractivity contribution in [1.82, 2.24) is 0 Å². The minimum absolute atomic E-state index is 0.424. The van der Waals surface area contributed by atoms with Crippen LogP contribution in [0, 0.1) is 35.5 Å². The van der Waals surface area contributed by atoms with Gasteiger partial charge in [-0.05, 0) is 287 Å². The topological polar surface area (TPSA) is 0 Å². The van der Waals surface area contributed by atoms with Crippen molar-refractivity contribution in [2.45, 2.75) is 167 Å². The minimum Gasteiger partial charge on any atom is -0.0836 e. The fourth-order valence-electron chi connectivity index (χ4n) is 18.3. The predicted octanol–water partition coefficient (Wildman–Crippen LogP) is 26.3. The Morgan fingerprint density at radius 3 is 1.16 bits per heavy atom. The van der Waals surface area contributed by atoms with E-state index in [1.807, 2.05) is 0 Å². The van der Waals surface area contributed by atoms with Crippen LogP contribution < -0.4 is 0 Å². The molecule has 0 saturated heterocycles. The Labute approximate surface area is 624 Å². The van der Waals surface area contributed by atoms with E-state index < -0.39 is 0 Å². The van der Waals surface area contributed by atoms with E-state index in [4.69, 9.17) is 0 Å². The van der Waals surface area contributed by atoms with Crippen molar-refractivity contribution in [3.63, 3.8) is 0 Å². The summed E-state index contributed by atoms with van der Waals surface area (Å²) >= 11 is 0. The van der Waals surface area contributed by atoms with Gasteiger partial charge in [-0.3, -0.25) is 0 Å². The number of rotatable bonds is 22. The van der Waals surface area contributed by atoms with Gasteiger partial charge >= 0.3 is 0 Å². The van der Waals surface area contributed by atoms with Gasteiger partial charge in [-0.25, -0.2) is 0 Å². The standard InChI is InChI=1S/C36H38.C35H38.C33H32/c1-3-8-27(9-4-1)24-28-14-16-29(17-15-28)25-30-18-20-31(21-19-30)26-33-22-23-35(32-10-5-2-6-11-32)36-13-7-12-34(33)36;1-27(30-14-7-3-8-15-30)12-5-2-6-13-28-20-22-29(23-21-28)26-32-24-25-34(31-16-9-4-10-17-31)35-19-11-18-33(32)35;1-2-8-28(9-3-1)32-20-19-30(31-11-6-12-33(31)32)22-25-15-13-24(14-16-25)21-26-17-18-27-7-4-5-10-29(27)23-26/h1,3-5,7-13,18-23,28-29,36H,2,6,14-17,24-26H2;3,7-9,11,14-25,27,35H,2,4-6,10,12-13,26H2,1H3;2,4-16,19-20,26,33H,1,3,17-18,21-23H2. The number of hydrogen-bond acceptors (Lipinski definition) is 0. The number of fused-ring (bicyclic) bond motifs is 4. The van der Waals surface area contributed by atoms with Gasteiger partial charge in [0.05, 0.1) is 0 Å². The Hall–Kier alpha value is -9.36. The number of benzene rings is 6. The maximum absolute atomic E-state index is 2.41. The molecule has 0 radical (unpaired) electrons. The van der Waals surface area contributed by atoms with Gasteiger partial charge in [0.1, 0.15) is 0 Å². The molecule has 5 unspecified atom stereocenters. The Bertz CT molecular complexity index is 4570. The zero-order chi connectivity index (χ0) is 70.1. The SMILES string of the molecule is C1=CC2C(C3=CCCC=C3)=CC=C(Cc3ccc(CC4CCC(Cc5ccccc5)CC4)cc3)C2=C1.C1=CC2C(C3=CCCC=C3)=CC=C(Cc3ccc(CC4CCc5ccccc5C4)cc3)C2=C1.CC(CCCCCc1ccc(CC2=CC=C(C3=CCCC=C3)C3C=CC=C23)cc1)c1ccccc1. The summed E-state index contributed by atoms with van der Waals surface area (Å²) in [4.78, 5) is 0. The number of allylic oxidation sites excluding steroid dienone is 36. The van der Waals surface area contributed by atoms with Crippen molar-refractivity contribution < 1.29 is 0 Å². The second kappa shape index (κ2) is 34.9. The van der Waals surface area contributed by atoms with Gasteiger partial charge in [0.15, 0.2) is 0 Å². The van der Waals surface area contributed by atoms with E-state index in [1.54, 1.807) is 11.1 Å². The number of hydrogen-bond donors (Lipinski definition) is 0. The molecule has 11 aliphatic rings. The molecule has 0 amide bonds. The first kappa shape index (κ1) is 70.3. The lowest BCUT2D eigenvalue weighted by Crippen LogP contribution is -2.18. The highest BCUT2D eigenvalue weighted by molar-refractivity contribution is 5.64. The van der Waals surface area contributed by atoms with Crippen LogP contribution in [0.2, 0.25) is 0 Å². The quantitative estimate of drug-likeness (QED) is 0.0594. The molecule has 6 aromatic carbocycles. The van der Waals surface area contributed by atoms with Crippen molar-refractivity contribution in [2.24, 2.45) is 35.5 Å². The van der Waals surface area contributed by atoms with Crippen LogP contribution in [-0.4, -0.2) is 0 Å². The van der Waals surface area contributed by atoms with E-state index in [0.717, 1.165) is 56.3 Å². The average molecular weight is 1360 g/mol. The van der Waals surface area contributed by atoms with Crippen molar-refractivity contribution >= 4 is 0 Å². The molecule has 0 nitrogen and oxygen atoms in total. The first-order chi connectivity index (χ1) is 51.4. The summed E-state index contributed by atoms with van der Waals surface area (Å²) in [5.74, 6) is 4.44. The molecule has 0 heterocycles. The molecule has 0 heteroatoms. The van der Waals surface area contributed by atoms with Crippen LogP contribution >= 0.6 is 0 Å². The molecule has 104 heavy (non-hydrogen) atoms. The van der Waals surface area contributed by atoms with Crippen molar-refractivity contribution in [2.75, 3.05) is 0 Å². The van der Waals surface area contributed by atoms with Gasteiger partial charge in [0.25, 0.3) is 0 Å². The lowest BCUT2D eigenvalue weighted by molar-refractivity contribution is 0.272. The zero-order valence-electron chi connectivity index (χ0n) is 61.9. The Balaban J connectivity index is 0.000000126. The first-order valence-electron chi connectivity index (χ1n) is 40.3. The van der Waals surface area contributed by atoms with Gasteiger partial charge in [-0.2, -0.15) is 0 Å². The maximum atomic E-state index is 2.41. The molecular weight excluding hydrogens is 1250 g/mol. The van der Waals surface area contributed by atoms with Crippen molar-refractivity contribution in [1.29, 1.82) is 0 Å². The van der Waals surface area contributed by atoms with Crippen LogP contribution in [-0.2, 0) is 57.8 Å². The van der Waals surface area contributed by atoms with Crippen molar-refractivity contribution in [3.05, 3.63) is 426 Å². The van der Waals surface area contributed by atoms with E-state index in [9.17, 15) is 0 Å². The molecular formula is C104H108. The zero-order valence-corrected chi connectivity index (χ0v) is 61.9. The van der Waals surface area contributed by atoms with E-state index in [1.165, 1.54) is 227 Å². The lowest BCUT2D eigenvalue weighted by Gasteiger charge is -2.29. The van der Waals surface area contributed by atoms with Gasteiger partial charge in [-0.15, -0.1) is 0 Å². The average Bonchev–Trinajstić information content (AvgIpc) is 1.60. The largest absolute Gasteiger partial charge is 0.0836 e. The monoisotopic (exact) mass is 1360 g/mol. The van der Waals surface area contributed by atoms with E-state index in [-0.39, 0.29) is 0 Å². The van der Waals surface area contributed by atoms with Crippen LogP contribution in [0.4, 0.5) is 0 Å². The summed E-state index contributed by atoms with van der Waals surface area (Å²) in [6.07, 6.45) is 85.5. The summed E-state index contributed by atoms with van der Waals surface area (Å²) in [5.41, 5.74) is 32.3. The molecule has 11 aliphatic carbocycles. The predicted molar refractivity (Wildman–Crippen MR) is 442 cm³/mol. The van der Waals surface area contributed by atoms with Gasteiger partial charge in [0.2, 0.25) is 0 Å². The molecule has 6 aromatic rings. The van der Waals surface area contributed by atoms with Crippen LogP contribution in [0.15, 0.2) is 370 Å². The molecule has 0 aliphatic heterocycles. The Morgan fingerprint density at radius 2 is 0.721 bits per heavy atom. The summed E-state index contributed by atoms with van der Waals surface area (Å²) in [5, 5.41) is 0.